The largest absolute Gasteiger partial charge is 0.484 e. The van der Waals surface area contributed by atoms with Gasteiger partial charge in [-0.1, -0.05) is 0 Å². The number of carbonyl (C=O) groups is 2. The Morgan fingerprint density at radius 2 is 2.08 bits per heavy atom. The minimum absolute atomic E-state index is 0.198. The molecule has 0 saturated carbocycles. The molecule has 126 valence electrons. The maximum Gasteiger partial charge on any atom is 0.336 e. The van der Waals surface area contributed by atoms with Gasteiger partial charge >= 0.3 is 11.6 Å². The Balaban J connectivity index is 1.67. The molecule has 1 aromatic carbocycles. The van der Waals surface area contributed by atoms with Crippen LogP contribution in [0, 0.1) is 0 Å². The first-order chi connectivity index (χ1) is 11.6. The van der Waals surface area contributed by atoms with E-state index in [0.717, 1.165) is 11.8 Å². The Morgan fingerprint density at radius 1 is 1.29 bits per heavy atom. The van der Waals surface area contributed by atoms with Gasteiger partial charge in [-0.15, -0.1) is 0 Å². The minimum Gasteiger partial charge on any atom is -0.484 e. The van der Waals surface area contributed by atoms with Crippen molar-refractivity contribution >= 4 is 22.8 Å². The van der Waals surface area contributed by atoms with Crippen LogP contribution in [0.2, 0.25) is 0 Å². The molecule has 0 unspecified atom stereocenters. The zero-order chi connectivity index (χ0) is 17.1. The van der Waals surface area contributed by atoms with Gasteiger partial charge in [0, 0.05) is 24.1 Å². The molecule has 1 aliphatic heterocycles. The lowest BCUT2D eigenvalue weighted by Gasteiger charge is -2.22. The zero-order valence-electron chi connectivity index (χ0n) is 13.2. The summed E-state index contributed by atoms with van der Waals surface area (Å²) in [6.45, 7) is 0.310. The van der Waals surface area contributed by atoms with Crippen LogP contribution in [-0.4, -0.2) is 43.1 Å². The second kappa shape index (κ2) is 6.74. The summed E-state index contributed by atoms with van der Waals surface area (Å²) in [5.74, 6) is -0.273. The van der Waals surface area contributed by atoms with Gasteiger partial charge in [0.05, 0.1) is 7.11 Å². The fourth-order valence-electron chi connectivity index (χ4n) is 2.81. The van der Waals surface area contributed by atoms with E-state index in [-0.39, 0.29) is 12.5 Å². The molecule has 3 rings (SSSR count). The van der Waals surface area contributed by atoms with Crippen molar-refractivity contribution < 1.29 is 23.5 Å². The van der Waals surface area contributed by atoms with Crippen molar-refractivity contribution in [2.45, 2.75) is 18.9 Å². The maximum absolute atomic E-state index is 12.3. The molecule has 7 heteroatoms. The molecule has 0 aliphatic carbocycles. The van der Waals surface area contributed by atoms with Gasteiger partial charge in [-0.2, -0.15) is 0 Å². The van der Waals surface area contributed by atoms with Crippen LogP contribution < -0.4 is 10.4 Å². The molecule has 24 heavy (non-hydrogen) atoms. The Labute approximate surface area is 137 Å². The van der Waals surface area contributed by atoms with Crippen LogP contribution in [0.4, 0.5) is 0 Å². The summed E-state index contributed by atoms with van der Waals surface area (Å²) < 4.78 is 15.3. The van der Waals surface area contributed by atoms with E-state index in [2.05, 4.69) is 0 Å². The second-order valence-corrected chi connectivity index (χ2v) is 5.51. The van der Waals surface area contributed by atoms with E-state index in [1.54, 1.807) is 24.3 Å². The molecule has 0 N–H and O–H groups in total. The lowest BCUT2D eigenvalue weighted by Crippen LogP contribution is -2.43. The Bertz CT molecular complexity index is 827. The van der Waals surface area contributed by atoms with Crippen LogP contribution >= 0.6 is 0 Å². The fourth-order valence-corrected chi connectivity index (χ4v) is 2.81. The topological polar surface area (TPSA) is 86.0 Å². The highest BCUT2D eigenvalue weighted by molar-refractivity contribution is 5.86. The van der Waals surface area contributed by atoms with Gasteiger partial charge in [0.25, 0.3) is 5.91 Å². The number of esters is 1. The average molecular weight is 331 g/mol. The number of fused-ring (bicyclic) bond motifs is 1. The molecule has 1 atom stereocenters. The van der Waals surface area contributed by atoms with Crippen LogP contribution in [0.25, 0.3) is 11.0 Å². The normalized spacial score (nSPS) is 17.0. The first-order valence-corrected chi connectivity index (χ1v) is 7.62. The molecular formula is C17H17NO6. The number of benzene rings is 1. The van der Waals surface area contributed by atoms with Gasteiger partial charge in [0.2, 0.25) is 0 Å². The standard InChI is InChI=1S/C17H17NO6/c1-22-17(21)13-3-2-8-18(13)15(19)10-23-12-6-4-11-5-7-16(20)24-14(11)9-12/h4-7,9,13H,2-3,8,10H2,1H3/t13-/m0/s1. The van der Waals surface area contributed by atoms with Crippen LogP contribution in [0.1, 0.15) is 12.8 Å². The van der Waals surface area contributed by atoms with E-state index in [9.17, 15) is 14.4 Å². The molecule has 1 aromatic heterocycles. The predicted molar refractivity (Wildman–Crippen MR) is 84.7 cm³/mol. The van der Waals surface area contributed by atoms with Crippen molar-refractivity contribution in [2.24, 2.45) is 0 Å². The summed E-state index contributed by atoms with van der Waals surface area (Å²) in [5, 5.41) is 0.763. The molecular weight excluding hydrogens is 314 g/mol. The van der Waals surface area contributed by atoms with Crippen LogP contribution in [0.5, 0.6) is 5.75 Å². The van der Waals surface area contributed by atoms with Gasteiger partial charge in [-0.3, -0.25) is 4.79 Å². The number of hydrogen-bond acceptors (Lipinski definition) is 6. The molecule has 2 aromatic rings. The maximum atomic E-state index is 12.3. The Kier molecular flexibility index (Phi) is 4.50. The van der Waals surface area contributed by atoms with E-state index >= 15 is 0 Å². The third-order valence-corrected chi connectivity index (χ3v) is 4.00. The fraction of sp³-hybridized carbons (Fsp3) is 0.353. The van der Waals surface area contributed by atoms with Gasteiger partial charge < -0.3 is 18.8 Å². The lowest BCUT2D eigenvalue weighted by molar-refractivity contribution is -0.151. The van der Waals surface area contributed by atoms with E-state index < -0.39 is 17.6 Å². The summed E-state index contributed by atoms with van der Waals surface area (Å²) in [6.07, 6.45) is 1.35. The lowest BCUT2D eigenvalue weighted by atomic mass is 10.2. The number of methoxy groups -OCH3 is 1. The number of nitrogens with zero attached hydrogens (tertiary/aromatic N) is 1. The highest BCUT2D eigenvalue weighted by Crippen LogP contribution is 2.21. The Morgan fingerprint density at radius 3 is 2.88 bits per heavy atom. The smallest absolute Gasteiger partial charge is 0.336 e. The summed E-state index contributed by atoms with van der Waals surface area (Å²) in [6, 6.07) is 7.45. The zero-order valence-corrected chi connectivity index (χ0v) is 13.2. The number of rotatable bonds is 4. The SMILES string of the molecule is COC(=O)[C@@H]1CCCN1C(=O)COc1ccc2ccc(=O)oc2c1. The van der Waals surface area contributed by atoms with Gasteiger partial charge in [-0.05, 0) is 31.0 Å². The minimum atomic E-state index is -0.541. The molecule has 1 amide bonds. The quantitative estimate of drug-likeness (QED) is 0.621. The number of carbonyl (C=O) groups excluding carboxylic acids is 2. The monoisotopic (exact) mass is 331 g/mol. The molecule has 0 bridgehead atoms. The third-order valence-electron chi connectivity index (χ3n) is 4.00. The highest BCUT2D eigenvalue weighted by Gasteiger charge is 2.34. The van der Waals surface area contributed by atoms with Gasteiger partial charge in [0.15, 0.2) is 6.61 Å². The van der Waals surface area contributed by atoms with Crippen molar-refractivity contribution in [3.8, 4) is 5.75 Å². The molecule has 1 fully saturated rings. The molecule has 0 radical (unpaired) electrons. The number of amides is 1. The molecule has 0 spiro atoms. The van der Waals surface area contributed by atoms with Crippen LogP contribution in [-0.2, 0) is 14.3 Å². The molecule has 1 aliphatic rings. The van der Waals surface area contributed by atoms with Gasteiger partial charge in [0.1, 0.15) is 17.4 Å². The molecule has 2 heterocycles. The summed E-state index contributed by atoms with van der Waals surface area (Å²) in [7, 11) is 1.31. The highest BCUT2D eigenvalue weighted by atomic mass is 16.5. The third kappa shape index (κ3) is 3.24. The van der Waals surface area contributed by atoms with E-state index in [0.29, 0.717) is 24.3 Å². The van der Waals surface area contributed by atoms with Crippen molar-refractivity contribution in [2.75, 3.05) is 20.3 Å². The number of hydrogen-bond donors (Lipinski definition) is 0. The second-order valence-electron chi connectivity index (χ2n) is 5.51. The molecule has 7 nitrogen and oxygen atoms in total. The van der Waals surface area contributed by atoms with Crippen molar-refractivity contribution in [1.29, 1.82) is 0 Å². The first kappa shape index (κ1) is 16.0. The number of ether oxygens (including phenoxy) is 2. The van der Waals surface area contributed by atoms with Crippen molar-refractivity contribution in [3.63, 3.8) is 0 Å². The van der Waals surface area contributed by atoms with E-state index in [4.69, 9.17) is 13.9 Å². The summed E-state index contributed by atoms with van der Waals surface area (Å²) in [4.78, 5) is 36.7. The van der Waals surface area contributed by atoms with E-state index in [1.165, 1.54) is 18.1 Å². The Hall–Kier alpha value is -2.83. The van der Waals surface area contributed by atoms with Crippen LogP contribution in [0.15, 0.2) is 39.5 Å². The van der Waals surface area contributed by atoms with Crippen LogP contribution in [0.3, 0.4) is 0 Å². The predicted octanol–water partition coefficient (Wildman–Crippen LogP) is 1.34. The molecule has 1 saturated heterocycles. The summed E-state index contributed by atoms with van der Waals surface area (Å²) in [5.41, 5.74) is -0.0604. The van der Waals surface area contributed by atoms with Gasteiger partial charge in [-0.25, -0.2) is 9.59 Å². The van der Waals surface area contributed by atoms with Crippen molar-refractivity contribution in [3.05, 3.63) is 40.8 Å². The average Bonchev–Trinajstić information content (AvgIpc) is 3.08. The summed E-state index contributed by atoms with van der Waals surface area (Å²) >= 11 is 0. The number of likely N-dealkylation sites (tertiary alicyclic amines) is 1. The van der Waals surface area contributed by atoms with Crippen molar-refractivity contribution in [1.82, 2.24) is 4.90 Å². The van der Waals surface area contributed by atoms with E-state index in [1.807, 2.05) is 0 Å². The first-order valence-electron chi connectivity index (χ1n) is 7.62.